The van der Waals surface area contributed by atoms with Crippen molar-refractivity contribution in [1.82, 2.24) is 4.98 Å². The molecule has 0 saturated heterocycles. The molecule has 0 radical (unpaired) electrons. The van der Waals surface area contributed by atoms with Crippen molar-refractivity contribution in [2.24, 2.45) is 0 Å². The highest BCUT2D eigenvalue weighted by molar-refractivity contribution is 7.15. The maximum Gasteiger partial charge on any atom is 0.237 e. The molecular formula is C17H25NOS. The molecule has 0 spiro atoms. The molecule has 0 N–H and O–H groups in total. The van der Waals surface area contributed by atoms with Gasteiger partial charge in [0, 0.05) is 4.88 Å². The quantitative estimate of drug-likeness (QED) is 0.650. The van der Waals surface area contributed by atoms with E-state index < -0.39 is 0 Å². The molecule has 0 aromatic carbocycles. The van der Waals surface area contributed by atoms with Crippen molar-refractivity contribution >= 4 is 23.5 Å². The van der Waals surface area contributed by atoms with Crippen molar-refractivity contribution in [3.63, 3.8) is 0 Å². The van der Waals surface area contributed by atoms with E-state index in [0.29, 0.717) is 11.7 Å². The van der Waals surface area contributed by atoms with E-state index in [4.69, 9.17) is 4.42 Å². The number of rotatable bonds is 3. The van der Waals surface area contributed by atoms with Gasteiger partial charge in [0.1, 0.15) is 5.69 Å². The summed E-state index contributed by atoms with van der Waals surface area (Å²) in [5, 5.41) is 0. The number of hydrogen-bond donors (Lipinski definition) is 0. The fourth-order valence-electron chi connectivity index (χ4n) is 1.29. The molecule has 2 nitrogen and oxygen atoms in total. The van der Waals surface area contributed by atoms with Crippen molar-refractivity contribution in [3.05, 3.63) is 41.6 Å². The largest absolute Gasteiger partial charge is 0.435 e. The summed E-state index contributed by atoms with van der Waals surface area (Å²) in [6.07, 6.45) is 4.57. The minimum Gasteiger partial charge on any atom is -0.435 e. The molecule has 2 rings (SSSR count). The second-order valence-corrected chi connectivity index (χ2v) is 5.08. The fraction of sp³-hybridized carbons (Fsp3) is 0.353. The third-order valence-electron chi connectivity index (χ3n) is 2.01. The van der Waals surface area contributed by atoms with Crippen molar-refractivity contribution < 1.29 is 4.42 Å². The summed E-state index contributed by atoms with van der Waals surface area (Å²) in [5.74, 6) is 1.31. The van der Waals surface area contributed by atoms with Crippen LogP contribution < -0.4 is 0 Å². The average molecular weight is 291 g/mol. The lowest BCUT2D eigenvalue weighted by Gasteiger charge is -1.86. The Kier molecular flexibility index (Phi) is 9.39. The smallest absolute Gasteiger partial charge is 0.237 e. The normalized spacial score (nSPS) is 8.85. The summed E-state index contributed by atoms with van der Waals surface area (Å²) in [4.78, 5) is 6.61. The molecule has 2 aromatic heterocycles. The van der Waals surface area contributed by atoms with Crippen LogP contribution in [0.3, 0.4) is 0 Å². The number of nitrogens with zero attached hydrogens (tertiary/aromatic N) is 1. The molecule has 0 bridgehead atoms. The van der Waals surface area contributed by atoms with Gasteiger partial charge in [0.25, 0.3) is 0 Å². The van der Waals surface area contributed by atoms with Gasteiger partial charge in [-0.25, -0.2) is 4.98 Å². The van der Waals surface area contributed by atoms with Crippen molar-refractivity contribution in [2.45, 2.75) is 41.0 Å². The summed E-state index contributed by atoms with van der Waals surface area (Å²) in [7, 11) is 0. The van der Waals surface area contributed by atoms with Crippen molar-refractivity contribution in [3.8, 4) is 10.8 Å². The number of thiophene rings is 1. The van der Waals surface area contributed by atoms with Crippen LogP contribution in [0.15, 0.2) is 29.7 Å². The molecule has 110 valence electrons. The van der Waals surface area contributed by atoms with E-state index in [1.165, 1.54) is 11.3 Å². The van der Waals surface area contributed by atoms with Gasteiger partial charge in [0.15, 0.2) is 5.76 Å². The Morgan fingerprint density at radius 2 is 1.80 bits per heavy atom. The second kappa shape index (κ2) is 10.2. The van der Waals surface area contributed by atoms with Gasteiger partial charge in [-0.3, -0.25) is 0 Å². The average Bonchev–Trinajstić information content (AvgIpc) is 3.07. The molecule has 0 aliphatic rings. The first kappa shape index (κ1) is 18.4. The Morgan fingerprint density at radius 3 is 2.15 bits per heavy atom. The molecule has 0 unspecified atom stereocenters. The van der Waals surface area contributed by atoms with Crippen molar-refractivity contribution in [1.29, 1.82) is 0 Å². The second-order valence-electron chi connectivity index (χ2n) is 3.79. The zero-order chi connectivity index (χ0) is 15.5. The van der Waals surface area contributed by atoms with Crippen LogP contribution in [0.5, 0.6) is 0 Å². The molecule has 20 heavy (non-hydrogen) atoms. The van der Waals surface area contributed by atoms with Crippen LogP contribution in [0.1, 0.15) is 50.4 Å². The van der Waals surface area contributed by atoms with Crippen LogP contribution in [-0.4, -0.2) is 4.98 Å². The van der Waals surface area contributed by atoms with E-state index >= 15 is 0 Å². The van der Waals surface area contributed by atoms with Gasteiger partial charge in [-0.15, -0.1) is 11.3 Å². The minimum absolute atomic E-state index is 0.637. The molecule has 2 aromatic rings. The summed E-state index contributed by atoms with van der Waals surface area (Å²) in [5.41, 5.74) is 0.742. The highest BCUT2D eigenvalue weighted by atomic mass is 32.1. The van der Waals surface area contributed by atoms with Gasteiger partial charge in [0.2, 0.25) is 5.89 Å². The monoisotopic (exact) mass is 291 g/mol. The molecule has 0 saturated carbocycles. The highest BCUT2D eigenvalue weighted by Crippen LogP contribution is 2.29. The predicted octanol–water partition coefficient (Wildman–Crippen LogP) is 6.44. The van der Waals surface area contributed by atoms with E-state index in [1.807, 2.05) is 26.0 Å². The Hall–Kier alpha value is -1.61. The van der Waals surface area contributed by atoms with E-state index in [0.717, 1.165) is 10.6 Å². The van der Waals surface area contributed by atoms with E-state index in [9.17, 15) is 0 Å². The van der Waals surface area contributed by atoms with Gasteiger partial charge >= 0.3 is 0 Å². The van der Waals surface area contributed by atoms with Gasteiger partial charge in [-0.1, -0.05) is 47.3 Å². The maximum atomic E-state index is 5.56. The molecule has 0 atom stereocenters. The Bertz CT molecular complexity index is 497. The summed E-state index contributed by atoms with van der Waals surface area (Å²) in [6.45, 7) is 17.7. The maximum absolute atomic E-state index is 5.56. The molecule has 0 aliphatic carbocycles. The first-order valence-corrected chi connectivity index (χ1v) is 7.80. The molecule has 0 aliphatic heterocycles. The Morgan fingerprint density at radius 1 is 1.20 bits per heavy atom. The first-order valence-electron chi connectivity index (χ1n) is 6.98. The fourth-order valence-corrected chi connectivity index (χ4v) is 2.08. The third-order valence-corrected chi connectivity index (χ3v) is 3.00. The predicted molar refractivity (Wildman–Crippen MR) is 92.0 cm³/mol. The summed E-state index contributed by atoms with van der Waals surface area (Å²) in [6, 6.07) is 4.05. The van der Waals surface area contributed by atoms with Gasteiger partial charge < -0.3 is 4.42 Å². The third kappa shape index (κ3) is 5.17. The van der Waals surface area contributed by atoms with E-state index in [1.54, 1.807) is 23.5 Å². The zero-order valence-electron chi connectivity index (χ0n) is 13.2. The molecule has 2 heterocycles. The number of aromatic nitrogens is 1. The summed E-state index contributed by atoms with van der Waals surface area (Å²) < 4.78 is 5.56. The topological polar surface area (TPSA) is 26.0 Å². The van der Waals surface area contributed by atoms with Crippen LogP contribution in [0, 0.1) is 6.92 Å². The molecule has 0 fully saturated rings. The van der Waals surface area contributed by atoms with Crippen LogP contribution >= 0.6 is 11.3 Å². The van der Waals surface area contributed by atoms with E-state index in [2.05, 4.69) is 38.9 Å². The van der Waals surface area contributed by atoms with Gasteiger partial charge in [0.05, 0.1) is 4.88 Å². The summed E-state index contributed by atoms with van der Waals surface area (Å²) >= 11 is 1.66. The number of oxazole rings is 1. The SMILES string of the molecule is C=Cc1nc(-c2ccc(C)s2)oc1C=C.CC.CCC. The van der Waals surface area contributed by atoms with E-state index in [-0.39, 0.29) is 0 Å². The Labute approximate surface area is 126 Å². The molecule has 3 heteroatoms. The highest BCUT2D eigenvalue weighted by Gasteiger charge is 2.11. The number of aryl methyl sites for hydroxylation is 1. The lowest BCUT2D eigenvalue weighted by Crippen LogP contribution is -1.73. The first-order chi connectivity index (χ1) is 9.65. The van der Waals surface area contributed by atoms with Crippen LogP contribution in [-0.2, 0) is 0 Å². The number of hydrogen-bond acceptors (Lipinski definition) is 3. The van der Waals surface area contributed by atoms with Crippen LogP contribution in [0.25, 0.3) is 22.9 Å². The lowest BCUT2D eigenvalue weighted by molar-refractivity contribution is 0.566. The zero-order valence-corrected chi connectivity index (χ0v) is 14.0. The lowest BCUT2D eigenvalue weighted by atomic mass is 10.3. The molecule has 0 amide bonds. The van der Waals surface area contributed by atoms with Crippen LogP contribution in [0.4, 0.5) is 0 Å². The standard InChI is InChI=1S/C12H11NOS.C3H8.C2H6/c1-4-9-10(5-2)14-12(13-9)11-7-6-8(3)15-11;1-3-2;1-2/h4-7H,1-2H2,3H3;3H2,1-2H3;1-2H3. The van der Waals surface area contributed by atoms with Gasteiger partial charge in [-0.05, 0) is 31.2 Å². The van der Waals surface area contributed by atoms with Crippen LogP contribution in [0.2, 0.25) is 0 Å². The Balaban J connectivity index is 0.000000641. The van der Waals surface area contributed by atoms with Crippen molar-refractivity contribution in [2.75, 3.05) is 0 Å². The minimum atomic E-state index is 0.637. The molecular weight excluding hydrogens is 266 g/mol. The van der Waals surface area contributed by atoms with Gasteiger partial charge in [-0.2, -0.15) is 0 Å².